The molecule has 3 N–H and O–H groups in total. The summed E-state index contributed by atoms with van der Waals surface area (Å²) in [5.74, 6) is -0.307. The molecule has 0 bridgehead atoms. The summed E-state index contributed by atoms with van der Waals surface area (Å²) in [5, 5.41) is 8.67. The van der Waals surface area contributed by atoms with Gasteiger partial charge >= 0.3 is 5.97 Å². The van der Waals surface area contributed by atoms with Gasteiger partial charge in [0.15, 0.2) is 0 Å². The highest BCUT2D eigenvalue weighted by Gasteiger charge is 2.11. The van der Waals surface area contributed by atoms with Crippen molar-refractivity contribution in [2.45, 2.75) is 38.8 Å². The molecule has 1 rings (SSSR count). The molecule has 0 saturated carbocycles. The molecule has 0 aliphatic carbocycles. The Hall–Kier alpha value is -1.39. The highest BCUT2D eigenvalue weighted by atomic mass is 16.4. The van der Waals surface area contributed by atoms with Crippen molar-refractivity contribution in [2.24, 2.45) is 5.73 Å². The van der Waals surface area contributed by atoms with Crippen LogP contribution >= 0.6 is 0 Å². The van der Waals surface area contributed by atoms with Crippen LogP contribution in [0.15, 0.2) is 24.3 Å². The van der Waals surface area contributed by atoms with E-state index >= 15 is 0 Å². The zero-order valence-electron chi connectivity index (χ0n) is 12.0. The predicted octanol–water partition coefficient (Wildman–Crippen LogP) is 2.04. The van der Waals surface area contributed by atoms with Gasteiger partial charge < -0.3 is 15.7 Å². The Labute approximate surface area is 115 Å². The number of hydrogen-bond donors (Lipinski definition) is 2. The van der Waals surface area contributed by atoms with Crippen molar-refractivity contribution in [3.8, 4) is 0 Å². The number of rotatable bonds is 7. The van der Waals surface area contributed by atoms with Crippen LogP contribution in [-0.2, 0) is 11.3 Å². The summed E-state index contributed by atoms with van der Waals surface area (Å²) in [7, 11) is 1.96. The second-order valence-corrected chi connectivity index (χ2v) is 5.45. The second-order valence-electron chi connectivity index (χ2n) is 5.45. The fraction of sp³-hybridized carbons (Fsp3) is 0.533. The molecule has 1 aromatic rings. The lowest BCUT2D eigenvalue weighted by atomic mass is 10.0. The molecule has 0 saturated heterocycles. The molecule has 1 aromatic carbocycles. The molecule has 4 nitrogen and oxygen atoms in total. The van der Waals surface area contributed by atoms with Gasteiger partial charge in [-0.1, -0.05) is 38.1 Å². The van der Waals surface area contributed by atoms with Crippen molar-refractivity contribution in [1.82, 2.24) is 4.90 Å². The van der Waals surface area contributed by atoms with Gasteiger partial charge in [-0.05, 0) is 24.1 Å². The van der Waals surface area contributed by atoms with Crippen molar-refractivity contribution in [3.05, 3.63) is 35.4 Å². The van der Waals surface area contributed by atoms with E-state index in [0.717, 1.165) is 6.54 Å². The van der Waals surface area contributed by atoms with Gasteiger partial charge in [0.1, 0.15) is 0 Å². The Kier molecular flexibility index (Phi) is 5.99. The summed E-state index contributed by atoms with van der Waals surface area (Å²) < 4.78 is 0. The zero-order chi connectivity index (χ0) is 14.4. The molecule has 0 heterocycles. The Balaban J connectivity index is 2.47. The third-order valence-corrected chi connectivity index (χ3v) is 3.08. The molecule has 106 valence electrons. The van der Waals surface area contributed by atoms with Crippen LogP contribution in [0.1, 0.15) is 37.3 Å². The third-order valence-electron chi connectivity index (χ3n) is 3.08. The van der Waals surface area contributed by atoms with E-state index in [1.165, 1.54) is 11.1 Å². The first-order valence-corrected chi connectivity index (χ1v) is 6.63. The highest BCUT2D eigenvalue weighted by Crippen LogP contribution is 2.15. The molecule has 1 unspecified atom stereocenters. The van der Waals surface area contributed by atoms with E-state index in [4.69, 9.17) is 10.8 Å². The van der Waals surface area contributed by atoms with Crippen LogP contribution in [0.3, 0.4) is 0 Å². The standard InChI is InChI=1S/C15H24N2O2/c1-11(2)13-6-4-12(5-7-13)9-17(3)10-14(16)8-15(18)19/h4-7,11,14H,8-10,16H2,1-3H3,(H,18,19). The summed E-state index contributed by atoms with van der Waals surface area (Å²) >= 11 is 0. The highest BCUT2D eigenvalue weighted by molar-refractivity contribution is 5.67. The van der Waals surface area contributed by atoms with Crippen LogP contribution < -0.4 is 5.73 Å². The average molecular weight is 264 g/mol. The lowest BCUT2D eigenvalue weighted by molar-refractivity contribution is -0.137. The van der Waals surface area contributed by atoms with Gasteiger partial charge in [0.2, 0.25) is 0 Å². The van der Waals surface area contributed by atoms with Crippen molar-refractivity contribution in [1.29, 1.82) is 0 Å². The fourth-order valence-electron chi connectivity index (χ4n) is 2.07. The van der Waals surface area contributed by atoms with Gasteiger partial charge in [0.25, 0.3) is 0 Å². The zero-order valence-corrected chi connectivity index (χ0v) is 12.0. The topological polar surface area (TPSA) is 66.6 Å². The van der Waals surface area contributed by atoms with E-state index in [0.29, 0.717) is 12.5 Å². The summed E-state index contributed by atoms with van der Waals surface area (Å²) in [6.45, 7) is 5.71. The second kappa shape index (κ2) is 7.26. The molecular weight excluding hydrogens is 240 g/mol. The summed E-state index contributed by atoms with van der Waals surface area (Å²) in [6.07, 6.45) is 0.0105. The maximum absolute atomic E-state index is 10.6. The Morgan fingerprint density at radius 1 is 1.32 bits per heavy atom. The molecule has 0 aromatic heterocycles. The van der Waals surface area contributed by atoms with Crippen LogP contribution in [0.2, 0.25) is 0 Å². The fourth-order valence-corrected chi connectivity index (χ4v) is 2.07. The lowest BCUT2D eigenvalue weighted by Gasteiger charge is -2.20. The Bertz CT molecular complexity index is 401. The van der Waals surface area contributed by atoms with Crippen LogP contribution in [-0.4, -0.2) is 35.6 Å². The van der Waals surface area contributed by atoms with Crippen molar-refractivity contribution < 1.29 is 9.90 Å². The van der Waals surface area contributed by atoms with E-state index in [-0.39, 0.29) is 12.5 Å². The SMILES string of the molecule is CC(C)c1ccc(CN(C)CC(N)CC(=O)O)cc1. The minimum atomic E-state index is -0.845. The van der Waals surface area contributed by atoms with E-state index in [2.05, 4.69) is 43.0 Å². The maximum Gasteiger partial charge on any atom is 0.304 e. The van der Waals surface area contributed by atoms with E-state index in [9.17, 15) is 4.79 Å². The van der Waals surface area contributed by atoms with Gasteiger partial charge in [-0.3, -0.25) is 4.79 Å². The van der Waals surface area contributed by atoms with E-state index in [1.807, 2.05) is 7.05 Å². The number of carboxylic acid groups (broad SMARTS) is 1. The van der Waals surface area contributed by atoms with E-state index < -0.39 is 5.97 Å². The molecule has 0 fully saturated rings. The molecule has 19 heavy (non-hydrogen) atoms. The van der Waals surface area contributed by atoms with Gasteiger partial charge in [-0.25, -0.2) is 0 Å². The number of nitrogens with zero attached hydrogens (tertiary/aromatic N) is 1. The monoisotopic (exact) mass is 264 g/mol. The predicted molar refractivity (Wildman–Crippen MR) is 77.1 cm³/mol. The van der Waals surface area contributed by atoms with Gasteiger partial charge in [0.05, 0.1) is 6.42 Å². The number of nitrogens with two attached hydrogens (primary N) is 1. The number of aliphatic carboxylic acids is 1. The number of carbonyl (C=O) groups is 1. The molecule has 1 atom stereocenters. The molecular formula is C15H24N2O2. The van der Waals surface area contributed by atoms with Crippen molar-refractivity contribution in [2.75, 3.05) is 13.6 Å². The number of hydrogen-bond acceptors (Lipinski definition) is 3. The molecule has 0 spiro atoms. The van der Waals surface area contributed by atoms with Gasteiger partial charge in [0, 0.05) is 19.1 Å². The first-order chi connectivity index (χ1) is 8.88. The number of benzene rings is 1. The van der Waals surface area contributed by atoms with Crippen LogP contribution in [0.5, 0.6) is 0 Å². The third kappa shape index (κ3) is 5.85. The lowest BCUT2D eigenvalue weighted by Crippen LogP contribution is -2.36. The van der Waals surface area contributed by atoms with Crippen LogP contribution in [0.4, 0.5) is 0 Å². The largest absolute Gasteiger partial charge is 0.481 e. The molecule has 0 aliphatic heterocycles. The molecule has 4 heteroatoms. The molecule has 0 amide bonds. The Morgan fingerprint density at radius 2 is 1.89 bits per heavy atom. The first kappa shape index (κ1) is 15.7. The minimum absolute atomic E-state index is 0.0105. The molecule has 0 radical (unpaired) electrons. The summed E-state index contributed by atoms with van der Waals surface area (Å²) in [6, 6.07) is 8.21. The maximum atomic E-state index is 10.6. The Morgan fingerprint density at radius 3 is 2.37 bits per heavy atom. The van der Waals surface area contributed by atoms with Crippen molar-refractivity contribution >= 4 is 5.97 Å². The van der Waals surface area contributed by atoms with Gasteiger partial charge in [-0.2, -0.15) is 0 Å². The first-order valence-electron chi connectivity index (χ1n) is 6.63. The summed E-state index contributed by atoms with van der Waals surface area (Å²) in [4.78, 5) is 12.6. The number of carboxylic acids is 1. The van der Waals surface area contributed by atoms with E-state index in [1.54, 1.807) is 0 Å². The smallest absolute Gasteiger partial charge is 0.304 e. The normalized spacial score (nSPS) is 12.9. The van der Waals surface area contributed by atoms with Crippen molar-refractivity contribution in [3.63, 3.8) is 0 Å². The van der Waals surface area contributed by atoms with Crippen LogP contribution in [0.25, 0.3) is 0 Å². The van der Waals surface area contributed by atoms with Gasteiger partial charge in [-0.15, -0.1) is 0 Å². The molecule has 0 aliphatic rings. The average Bonchev–Trinajstić information content (AvgIpc) is 2.27. The minimum Gasteiger partial charge on any atom is -0.481 e. The quantitative estimate of drug-likeness (QED) is 0.791. The van der Waals surface area contributed by atoms with Crippen LogP contribution in [0, 0.1) is 0 Å². The summed E-state index contributed by atoms with van der Waals surface area (Å²) in [5.41, 5.74) is 8.32. The number of likely N-dealkylation sites (N-methyl/N-ethyl adjacent to an activating group) is 1.